The number of Topliss-reactive ketones (excluding diaryl/α,β-unsaturated/α-hetero) is 1. The van der Waals surface area contributed by atoms with Crippen molar-refractivity contribution in [3.05, 3.63) is 60.3 Å². The number of ketones is 1. The molecule has 1 heterocycles. The van der Waals surface area contributed by atoms with Gasteiger partial charge in [0.25, 0.3) is 0 Å². The number of carbonyl (C=O) groups excluding carboxylic acids is 1. The number of hydrogen-bond donors (Lipinski definition) is 0. The zero-order chi connectivity index (χ0) is 13.0. The van der Waals surface area contributed by atoms with Crippen LogP contribution in [0.15, 0.2) is 59.8 Å². The summed E-state index contributed by atoms with van der Waals surface area (Å²) in [6.07, 6.45) is 1.39. The molecule has 0 atom stereocenters. The van der Waals surface area contributed by atoms with Crippen molar-refractivity contribution in [2.75, 3.05) is 5.75 Å². The fourth-order valence-corrected chi connectivity index (χ4v) is 2.65. The molecule has 0 fully saturated rings. The topological polar surface area (TPSA) is 64.1 Å². The smallest absolute Gasteiger partial charge is 0.203 e. The number of nitrogens with zero attached hydrogens (tertiary/aromatic N) is 1. The molecule has 0 spiro atoms. The van der Waals surface area contributed by atoms with Crippen LogP contribution in [0.3, 0.4) is 0 Å². The van der Waals surface area contributed by atoms with E-state index in [2.05, 4.69) is 4.98 Å². The van der Waals surface area contributed by atoms with Crippen LogP contribution in [0.4, 0.5) is 0 Å². The van der Waals surface area contributed by atoms with E-state index in [0.717, 1.165) is 0 Å². The summed E-state index contributed by atoms with van der Waals surface area (Å²) in [7, 11) is -3.67. The minimum absolute atomic E-state index is 0.0747. The van der Waals surface area contributed by atoms with E-state index in [4.69, 9.17) is 0 Å². The first-order chi connectivity index (χ1) is 8.59. The number of sulfone groups is 1. The molecule has 0 saturated heterocycles. The Morgan fingerprint density at radius 3 is 2.28 bits per heavy atom. The second-order valence-electron chi connectivity index (χ2n) is 3.72. The van der Waals surface area contributed by atoms with Crippen molar-refractivity contribution in [1.29, 1.82) is 0 Å². The third-order valence-electron chi connectivity index (χ3n) is 2.37. The fourth-order valence-electron chi connectivity index (χ4n) is 1.48. The molecule has 0 unspecified atom stereocenters. The summed E-state index contributed by atoms with van der Waals surface area (Å²) in [5.74, 6) is -0.991. The van der Waals surface area contributed by atoms with Crippen molar-refractivity contribution in [3.63, 3.8) is 0 Å². The highest BCUT2D eigenvalue weighted by molar-refractivity contribution is 7.92. The largest absolute Gasteiger partial charge is 0.293 e. The summed E-state index contributed by atoms with van der Waals surface area (Å²) in [6, 6.07) is 12.9. The summed E-state index contributed by atoms with van der Waals surface area (Å²) in [6.45, 7) is 0. The Morgan fingerprint density at radius 2 is 1.67 bits per heavy atom. The molecule has 0 aliphatic heterocycles. The maximum atomic E-state index is 11.9. The van der Waals surface area contributed by atoms with E-state index in [1.807, 2.05) is 0 Å². The molecule has 4 nitrogen and oxygen atoms in total. The third kappa shape index (κ3) is 2.81. The first-order valence-corrected chi connectivity index (χ1v) is 6.97. The van der Waals surface area contributed by atoms with Gasteiger partial charge in [0.05, 0.1) is 0 Å². The molecule has 2 aromatic rings. The van der Waals surface area contributed by atoms with Crippen molar-refractivity contribution in [2.24, 2.45) is 0 Å². The molecule has 0 N–H and O–H groups in total. The van der Waals surface area contributed by atoms with Gasteiger partial charge < -0.3 is 0 Å². The Morgan fingerprint density at radius 1 is 1.00 bits per heavy atom. The maximum Gasteiger partial charge on any atom is 0.203 e. The summed E-state index contributed by atoms with van der Waals surface area (Å²) in [5.41, 5.74) is 0.386. The van der Waals surface area contributed by atoms with Gasteiger partial charge in [0.1, 0.15) is 5.75 Å². The van der Waals surface area contributed by atoms with E-state index in [1.54, 1.807) is 42.5 Å². The molecule has 0 bridgehead atoms. The number of rotatable bonds is 4. The quantitative estimate of drug-likeness (QED) is 0.786. The highest BCUT2D eigenvalue weighted by Crippen LogP contribution is 2.09. The van der Waals surface area contributed by atoms with Gasteiger partial charge in [0, 0.05) is 11.8 Å². The van der Waals surface area contributed by atoms with Crippen LogP contribution in [-0.4, -0.2) is 24.9 Å². The van der Waals surface area contributed by atoms with Gasteiger partial charge in [-0.3, -0.25) is 4.79 Å². The highest BCUT2D eigenvalue weighted by atomic mass is 32.2. The van der Waals surface area contributed by atoms with Crippen molar-refractivity contribution < 1.29 is 13.2 Å². The zero-order valence-electron chi connectivity index (χ0n) is 9.48. The minimum atomic E-state index is -3.67. The Hall–Kier alpha value is -2.01. The molecule has 0 radical (unpaired) electrons. The lowest BCUT2D eigenvalue weighted by Gasteiger charge is -2.02. The molecule has 1 aromatic carbocycles. The first-order valence-electron chi connectivity index (χ1n) is 5.31. The predicted octanol–water partition coefficient (Wildman–Crippen LogP) is 1.74. The summed E-state index contributed by atoms with van der Waals surface area (Å²) >= 11 is 0. The monoisotopic (exact) mass is 261 g/mol. The molecule has 92 valence electrons. The Balaban J connectivity index is 2.23. The van der Waals surface area contributed by atoms with E-state index in [0.29, 0.717) is 5.56 Å². The molecule has 1 aromatic heterocycles. The number of aromatic nitrogens is 1. The molecule has 0 aliphatic rings. The van der Waals surface area contributed by atoms with Crippen LogP contribution in [0, 0.1) is 0 Å². The third-order valence-corrected chi connectivity index (χ3v) is 3.89. The van der Waals surface area contributed by atoms with E-state index >= 15 is 0 Å². The number of benzene rings is 1. The van der Waals surface area contributed by atoms with E-state index in [-0.39, 0.29) is 5.03 Å². The average molecular weight is 261 g/mol. The molecule has 18 heavy (non-hydrogen) atoms. The lowest BCUT2D eigenvalue weighted by atomic mass is 10.2. The second-order valence-corrected chi connectivity index (χ2v) is 5.65. The molecule has 0 amide bonds. The molecule has 5 heteroatoms. The maximum absolute atomic E-state index is 11.9. The normalized spacial score (nSPS) is 11.1. The van der Waals surface area contributed by atoms with Crippen LogP contribution < -0.4 is 0 Å². The minimum Gasteiger partial charge on any atom is -0.293 e. The van der Waals surface area contributed by atoms with Crippen LogP contribution in [0.5, 0.6) is 0 Å². The van der Waals surface area contributed by atoms with Gasteiger partial charge in [-0.25, -0.2) is 13.4 Å². The van der Waals surface area contributed by atoms with Crippen LogP contribution in [0.2, 0.25) is 0 Å². The van der Waals surface area contributed by atoms with Crippen LogP contribution >= 0.6 is 0 Å². The van der Waals surface area contributed by atoms with Gasteiger partial charge in [0.15, 0.2) is 10.8 Å². The van der Waals surface area contributed by atoms with Gasteiger partial charge in [-0.15, -0.1) is 0 Å². The van der Waals surface area contributed by atoms with Crippen molar-refractivity contribution in [3.8, 4) is 0 Å². The van der Waals surface area contributed by atoms with E-state index in [9.17, 15) is 13.2 Å². The first kappa shape index (κ1) is 12.4. The Bertz CT molecular complexity index is 636. The number of pyridine rings is 1. The van der Waals surface area contributed by atoms with Gasteiger partial charge in [-0.1, -0.05) is 36.4 Å². The number of hydrogen-bond acceptors (Lipinski definition) is 4. The molecule has 2 rings (SSSR count). The van der Waals surface area contributed by atoms with Crippen LogP contribution in [-0.2, 0) is 9.84 Å². The van der Waals surface area contributed by atoms with Gasteiger partial charge >= 0.3 is 0 Å². The van der Waals surface area contributed by atoms with Crippen LogP contribution in [0.25, 0.3) is 0 Å². The standard InChI is InChI=1S/C13H11NO3S/c15-12(11-6-2-1-3-7-11)10-18(16,17)13-8-4-5-9-14-13/h1-9H,10H2. The lowest BCUT2D eigenvalue weighted by molar-refractivity contribution is 0.102. The summed E-state index contributed by atoms with van der Waals surface area (Å²) in [4.78, 5) is 15.6. The second kappa shape index (κ2) is 5.10. The molecule has 0 aliphatic carbocycles. The summed E-state index contributed by atoms with van der Waals surface area (Å²) in [5, 5.41) is -0.0747. The zero-order valence-corrected chi connectivity index (χ0v) is 10.3. The lowest BCUT2D eigenvalue weighted by Crippen LogP contribution is -2.17. The van der Waals surface area contributed by atoms with E-state index in [1.165, 1.54) is 12.3 Å². The Kier molecular flexibility index (Phi) is 3.53. The summed E-state index contributed by atoms with van der Waals surface area (Å²) < 4.78 is 23.9. The fraction of sp³-hybridized carbons (Fsp3) is 0.0769. The van der Waals surface area contributed by atoms with Crippen molar-refractivity contribution in [2.45, 2.75) is 5.03 Å². The highest BCUT2D eigenvalue weighted by Gasteiger charge is 2.21. The Labute approximate surface area is 105 Å². The number of carbonyl (C=O) groups is 1. The molecule has 0 saturated carbocycles. The van der Waals surface area contributed by atoms with E-state index < -0.39 is 21.4 Å². The van der Waals surface area contributed by atoms with Crippen LogP contribution in [0.1, 0.15) is 10.4 Å². The van der Waals surface area contributed by atoms with Gasteiger partial charge in [0.2, 0.25) is 9.84 Å². The molecular weight excluding hydrogens is 250 g/mol. The van der Waals surface area contributed by atoms with Gasteiger partial charge in [-0.2, -0.15) is 0 Å². The van der Waals surface area contributed by atoms with Crippen molar-refractivity contribution >= 4 is 15.6 Å². The van der Waals surface area contributed by atoms with Gasteiger partial charge in [-0.05, 0) is 12.1 Å². The predicted molar refractivity (Wildman–Crippen MR) is 67.1 cm³/mol. The molecular formula is C13H11NO3S. The SMILES string of the molecule is O=C(CS(=O)(=O)c1ccccn1)c1ccccc1. The average Bonchev–Trinajstić information content (AvgIpc) is 2.40. The van der Waals surface area contributed by atoms with Crippen molar-refractivity contribution in [1.82, 2.24) is 4.98 Å².